The highest BCUT2D eigenvalue weighted by atomic mass is 35.5. The van der Waals surface area contributed by atoms with Gasteiger partial charge in [0.2, 0.25) is 20.0 Å². The lowest BCUT2D eigenvalue weighted by atomic mass is 10.3. The third kappa shape index (κ3) is 5.15. The van der Waals surface area contributed by atoms with E-state index in [0.717, 1.165) is 0 Å². The van der Waals surface area contributed by atoms with Gasteiger partial charge in [0, 0.05) is 37.6 Å². The first-order valence-corrected chi connectivity index (χ1v) is 11.3. The molecule has 1 saturated heterocycles. The number of sulfonamides is 2. The summed E-state index contributed by atoms with van der Waals surface area (Å²) in [5.41, 5.74) is 0. The largest absolute Gasteiger partial charge is 0.243 e. The van der Waals surface area contributed by atoms with Crippen molar-refractivity contribution in [1.29, 1.82) is 5.26 Å². The van der Waals surface area contributed by atoms with Crippen LogP contribution in [-0.4, -0.2) is 57.4 Å². The molecule has 0 radical (unpaired) electrons. The molecule has 0 atom stereocenters. The second-order valence-electron chi connectivity index (χ2n) is 5.69. The molecule has 0 saturated carbocycles. The predicted molar refractivity (Wildman–Crippen MR) is 95.0 cm³/mol. The number of hydrogen-bond acceptors (Lipinski definition) is 5. The Kier molecular flexibility index (Phi) is 6.82. The lowest BCUT2D eigenvalue weighted by molar-refractivity contribution is 0.272. The molecule has 1 aliphatic heterocycles. The summed E-state index contributed by atoms with van der Waals surface area (Å²) in [7, 11) is -7.11. The van der Waals surface area contributed by atoms with Crippen LogP contribution in [-0.2, 0) is 20.0 Å². The Morgan fingerprint density at radius 2 is 1.68 bits per heavy atom. The van der Waals surface area contributed by atoms with E-state index < -0.39 is 20.0 Å². The van der Waals surface area contributed by atoms with Gasteiger partial charge >= 0.3 is 0 Å². The van der Waals surface area contributed by atoms with Crippen molar-refractivity contribution in [3.05, 3.63) is 29.3 Å². The lowest BCUT2D eigenvalue weighted by Crippen LogP contribution is -2.50. The number of piperazine rings is 1. The molecule has 1 aromatic rings. The van der Waals surface area contributed by atoms with Crippen molar-refractivity contribution >= 4 is 31.6 Å². The molecular weight excluding hydrogens is 386 g/mol. The molecule has 1 aliphatic rings. The summed E-state index contributed by atoms with van der Waals surface area (Å²) in [4.78, 5) is 0.104. The van der Waals surface area contributed by atoms with Crippen molar-refractivity contribution in [2.45, 2.75) is 24.2 Å². The quantitative estimate of drug-likeness (QED) is 0.642. The van der Waals surface area contributed by atoms with E-state index in [-0.39, 0.29) is 36.8 Å². The number of unbranched alkanes of at least 4 members (excludes halogenated alkanes) is 2. The maximum atomic E-state index is 12.6. The van der Waals surface area contributed by atoms with E-state index >= 15 is 0 Å². The molecule has 25 heavy (non-hydrogen) atoms. The molecule has 1 fully saturated rings. The molecule has 0 amide bonds. The zero-order valence-corrected chi connectivity index (χ0v) is 16.0. The zero-order valence-electron chi connectivity index (χ0n) is 13.6. The molecule has 0 bridgehead atoms. The molecule has 138 valence electrons. The lowest BCUT2D eigenvalue weighted by Gasteiger charge is -2.33. The van der Waals surface area contributed by atoms with Gasteiger partial charge < -0.3 is 0 Å². The van der Waals surface area contributed by atoms with Gasteiger partial charge in [0.25, 0.3) is 0 Å². The topological polar surface area (TPSA) is 98.5 Å². The summed E-state index contributed by atoms with van der Waals surface area (Å²) in [6.07, 6.45) is 1.30. The van der Waals surface area contributed by atoms with Crippen molar-refractivity contribution in [2.75, 3.05) is 31.9 Å². The van der Waals surface area contributed by atoms with Gasteiger partial charge in [0.1, 0.15) is 0 Å². The molecule has 0 aromatic heterocycles. The summed E-state index contributed by atoms with van der Waals surface area (Å²) in [5, 5.41) is 8.81. The van der Waals surface area contributed by atoms with Crippen LogP contribution in [0.25, 0.3) is 0 Å². The normalized spacial score (nSPS) is 17.3. The molecule has 0 spiro atoms. The Balaban J connectivity index is 1.98. The summed E-state index contributed by atoms with van der Waals surface area (Å²) in [6, 6.07) is 8.00. The first-order valence-electron chi connectivity index (χ1n) is 7.88. The van der Waals surface area contributed by atoms with E-state index in [1.807, 2.05) is 6.07 Å². The number of nitriles is 1. The van der Waals surface area contributed by atoms with Gasteiger partial charge in [-0.1, -0.05) is 17.7 Å². The molecule has 0 N–H and O–H groups in total. The number of halogens is 1. The van der Waals surface area contributed by atoms with Gasteiger partial charge in [-0.3, -0.25) is 0 Å². The van der Waals surface area contributed by atoms with Crippen LogP contribution in [0, 0.1) is 11.3 Å². The molecule has 1 aromatic carbocycles. The Morgan fingerprint density at radius 3 is 2.28 bits per heavy atom. The number of rotatable bonds is 7. The number of hydrogen-bond donors (Lipinski definition) is 0. The van der Waals surface area contributed by atoms with E-state index in [4.69, 9.17) is 16.9 Å². The minimum atomic E-state index is -3.69. The molecule has 0 aliphatic carbocycles. The van der Waals surface area contributed by atoms with Crippen molar-refractivity contribution in [3.63, 3.8) is 0 Å². The van der Waals surface area contributed by atoms with Crippen LogP contribution in [0.4, 0.5) is 0 Å². The summed E-state index contributed by atoms with van der Waals surface area (Å²) in [5.74, 6) is -0.0181. The summed E-state index contributed by atoms with van der Waals surface area (Å²) < 4.78 is 52.4. The maximum Gasteiger partial charge on any atom is 0.243 e. The van der Waals surface area contributed by atoms with Crippen LogP contribution in [0.2, 0.25) is 5.02 Å². The standard InChI is InChI=1S/C15H20ClN3O4S2/c16-14-5-4-6-15(13-14)25(22,23)19-10-8-18(9-11-19)24(20,21)12-3-1-2-7-17/h4-6,13H,1-3,8-12H2. The zero-order chi connectivity index (χ0) is 18.5. The van der Waals surface area contributed by atoms with Crippen molar-refractivity contribution in [2.24, 2.45) is 0 Å². The third-order valence-corrected chi connectivity index (χ3v) is 8.05. The van der Waals surface area contributed by atoms with Crippen LogP contribution in [0.3, 0.4) is 0 Å². The van der Waals surface area contributed by atoms with Crippen LogP contribution in [0.5, 0.6) is 0 Å². The molecule has 2 rings (SSSR count). The van der Waals surface area contributed by atoms with Gasteiger partial charge in [0.05, 0.1) is 16.7 Å². The van der Waals surface area contributed by atoms with Crippen molar-refractivity contribution in [1.82, 2.24) is 8.61 Å². The van der Waals surface area contributed by atoms with E-state index in [1.54, 1.807) is 12.1 Å². The first kappa shape index (κ1) is 20.1. The van der Waals surface area contributed by atoms with Crippen LogP contribution >= 0.6 is 11.6 Å². The van der Waals surface area contributed by atoms with E-state index in [9.17, 15) is 16.8 Å². The third-order valence-electron chi connectivity index (χ3n) is 3.97. The van der Waals surface area contributed by atoms with Gasteiger partial charge in [-0.25, -0.2) is 16.8 Å². The number of benzene rings is 1. The average molecular weight is 406 g/mol. The van der Waals surface area contributed by atoms with Gasteiger partial charge in [0.15, 0.2) is 0 Å². The monoisotopic (exact) mass is 405 g/mol. The molecule has 10 heteroatoms. The molecular formula is C15H20ClN3O4S2. The van der Waals surface area contributed by atoms with Gasteiger partial charge in [-0.2, -0.15) is 13.9 Å². The Labute approximate surface area is 153 Å². The fourth-order valence-corrected chi connectivity index (χ4v) is 5.85. The van der Waals surface area contributed by atoms with Crippen molar-refractivity contribution < 1.29 is 16.8 Å². The van der Waals surface area contributed by atoms with Crippen molar-refractivity contribution in [3.8, 4) is 6.07 Å². The SMILES string of the molecule is N#CCCCCS(=O)(=O)N1CCN(S(=O)(=O)c2cccc(Cl)c2)CC1. The van der Waals surface area contributed by atoms with E-state index in [0.29, 0.717) is 24.3 Å². The minimum absolute atomic E-state index is 0.0181. The molecule has 0 unspecified atom stereocenters. The van der Waals surface area contributed by atoms with Crippen LogP contribution in [0.1, 0.15) is 19.3 Å². The minimum Gasteiger partial charge on any atom is -0.212 e. The fourth-order valence-electron chi connectivity index (χ4n) is 2.58. The van der Waals surface area contributed by atoms with Crippen LogP contribution < -0.4 is 0 Å². The highest BCUT2D eigenvalue weighted by Gasteiger charge is 2.32. The highest BCUT2D eigenvalue weighted by Crippen LogP contribution is 2.21. The Hall–Kier alpha value is -1.18. The Morgan fingerprint density at radius 1 is 1.04 bits per heavy atom. The fraction of sp³-hybridized carbons (Fsp3) is 0.533. The number of nitrogens with zero attached hydrogens (tertiary/aromatic N) is 3. The maximum absolute atomic E-state index is 12.6. The van der Waals surface area contributed by atoms with E-state index in [1.165, 1.54) is 20.7 Å². The smallest absolute Gasteiger partial charge is 0.212 e. The second kappa shape index (κ2) is 8.47. The molecule has 7 nitrogen and oxygen atoms in total. The predicted octanol–water partition coefficient (Wildman–Crippen LogP) is 1.67. The summed E-state index contributed by atoms with van der Waals surface area (Å²) >= 11 is 5.85. The highest BCUT2D eigenvalue weighted by molar-refractivity contribution is 7.89. The second-order valence-corrected chi connectivity index (χ2v) is 10.2. The molecule has 1 heterocycles. The van der Waals surface area contributed by atoms with Gasteiger partial charge in [-0.15, -0.1) is 0 Å². The summed E-state index contributed by atoms with van der Waals surface area (Å²) in [6.45, 7) is 0.458. The van der Waals surface area contributed by atoms with E-state index in [2.05, 4.69) is 0 Å². The average Bonchev–Trinajstić information content (AvgIpc) is 2.59. The van der Waals surface area contributed by atoms with Gasteiger partial charge in [-0.05, 0) is 31.0 Å². The Bertz CT molecular complexity index is 842. The van der Waals surface area contributed by atoms with Crippen LogP contribution in [0.15, 0.2) is 29.2 Å². The first-order chi connectivity index (χ1) is 11.8.